The first-order valence-corrected chi connectivity index (χ1v) is 5.86. The average molecular weight is 206 g/mol. The molecule has 0 aromatic carbocycles. The summed E-state index contributed by atoms with van der Waals surface area (Å²) >= 11 is 0. The Morgan fingerprint density at radius 3 is 1.93 bits per heavy atom. The van der Waals surface area contributed by atoms with Gasteiger partial charge in [-0.3, -0.25) is 0 Å². The lowest BCUT2D eigenvalue weighted by atomic mass is 9.54. The first-order chi connectivity index (χ1) is 7.20. The van der Waals surface area contributed by atoms with Crippen LogP contribution in [0.1, 0.15) is 32.1 Å². The smallest absolute Gasteiger partial charge is 0.0866 e. The van der Waals surface area contributed by atoms with Crippen molar-refractivity contribution < 1.29 is 10.2 Å². The molecule has 2 heteroatoms. The Labute approximate surface area is 90.3 Å². The molecule has 3 rings (SSSR count). The summed E-state index contributed by atoms with van der Waals surface area (Å²) < 4.78 is 0. The quantitative estimate of drug-likeness (QED) is 0.593. The highest BCUT2D eigenvalue weighted by molar-refractivity contribution is 5.23. The van der Waals surface area contributed by atoms with Crippen molar-refractivity contribution in [1.29, 1.82) is 0 Å². The lowest BCUT2D eigenvalue weighted by Gasteiger charge is -2.50. The molecular weight excluding hydrogens is 188 g/mol. The second-order valence-corrected chi connectivity index (χ2v) is 5.41. The molecule has 3 aliphatic rings. The van der Waals surface area contributed by atoms with Crippen LogP contribution < -0.4 is 0 Å². The topological polar surface area (TPSA) is 40.5 Å². The van der Waals surface area contributed by atoms with Gasteiger partial charge in [-0.25, -0.2) is 0 Å². The third kappa shape index (κ3) is 1.02. The maximum atomic E-state index is 10.3. The van der Waals surface area contributed by atoms with Gasteiger partial charge in [0.05, 0.1) is 12.2 Å². The molecule has 2 atom stereocenters. The van der Waals surface area contributed by atoms with Gasteiger partial charge in [-0.2, -0.15) is 0 Å². The fourth-order valence-corrected chi connectivity index (χ4v) is 4.02. The molecule has 1 fully saturated rings. The molecule has 0 radical (unpaired) electrons. The van der Waals surface area contributed by atoms with Crippen molar-refractivity contribution >= 4 is 0 Å². The van der Waals surface area contributed by atoms with Crippen molar-refractivity contribution in [2.75, 3.05) is 0 Å². The van der Waals surface area contributed by atoms with Crippen LogP contribution in [0.2, 0.25) is 0 Å². The summed E-state index contributed by atoms with van der Waals surface area (Å²) in [7, 11) is 0. The van der Waals surface area contributed by atoms with Crippen LogP contribution in [0.3, 0.4) is 0 Å². The van der Waals surface area contributed by atoms with E-state index in [9.17, 15) is 10.2 Å². The predicted molar refractivity (Wildman–Crippen MR) is 58.2 cm³/mol. The second kappa shape index (κ2) is 2.96. The highest BCUT2D eigenvalue weighted by atomic mass is 16.3. The van der Waals surface area contributed by atoms with Gasteiger partial charge in [0.25, 0.3) is 0 Å². The third-order valence-corrected chi connectivity index (χ3v) is 4.90. The average Bonchev–Trinajstić information content (AvgIpc) is 2.49. The van der Waals surface area contributed by atoms with Gasteiger partial charge < -0.3 is 10.2 Å². The molecule has 0 amide bonds. The Hall–Kier alpha value is -0.600. The Kier molecular flexibility index (Phi) is 1.89. The number of aliphatic hydroxyl groups excluding tert-OH is 2. The van der Waals surface area contributed by atoms with Gasteiger partial charge in [0.15, 0.2) is 0 Å². The van der Waals surface area contributed by atoms with E-state index in [1.807, 2.05) is 0 Å². The number of hydrogen-bond donors (Lipinski definition) is 2. The Morgan fingerprint density at radius 1 is 0.867 bits per heavy atom. The van der Waals surface area contributed by atoms with Crippen LogP contribution in [-0.4, -0.2) is 22.4 Å². The summed E-state index contributed by atoms with van der Waals surface area (Å²) in [5, 5.41) is 20.2. The van der Waals surface area contributed by atoms with Crippen molar-refractivity contribution in [1.82, 2.24) is 0 Å². The molecule has 15 heavy (non-hydrogen) atoms. The highest BCUT2D eigenvalue weighted by Crippen LogP contribution is 2.64. The molecule has 0 spiro atoms. The standard InChI is InChI=1S/C13H18O2/c14-10-9-12-5-1-3-7-13(12,11(10)15)8-4-2-6-12/h1-4,10-11,14-15H,5-9H2/t10-,11-,12?,13?/m1/s1. The monoisotopic (exact) mass is 206 g/mol. The van der Waals surface area contributed by atoms with Crippen molar-refractivity contribution in [3.8, 4) is 0 Å². The molecule has 3 aliphatic carbocycles. The minimum Gasteiger partial charge on any atom is -0.390 e. The number of hydrogen-bond acceptors (Lipinski definition) is 2. The maximum Gasteiger partial charge on any atom is 0.0866 e. The van der Waals surface area contributed by atoms with Crippen LogP contribution in [0.15, 0.2) is 24.3 Å². The van der Waals surface area contributed by atoms with Crippen LogP contribution in [-0.2, 0) is 0 Å². The fraction of sp³-hybridized carbons (Fsp3) is 0.692. The summed E-state index contributed by atoms with van der Waals surface area (Å²) in [5.74, 6) is 0. The Bertz CT molecular complexity index is 311. The lowest BCUT2D eigenvalue weighted by molar-refractivity contribution is -0.0560. The van der Waals surface area contributed by atoms with Crippen LogP contribution in [0.4, 0.5) is 0 Å². The zero-order valence-corrected chi connectivity index (χ0v) is 8.89. The summed E-state index contributed by atoms with van der Waals surface area (Å²) in [6, 6.07) is 0. The summed E-state index contributed by atoms with van der Waals surface area (Å²) in [4.78, 5) is 0. The van der Waals surface area contributed by atoms with Gasteiger partial charge in [-0.15, -0.1) is 0 Å². The molecule has 2 N–H and O–H groups in total. The van der Waals surface area contributed by atoms with Gasteiger partial charge in [-0.1, -0.05) is 24.3 Å². The van der Waals surface area contributed by atoms with E-state index in [2.05, 4.69) is 24.3 Å². The van der Waals surface area contributed by atoms with Crippen LogP contribution in [0.5, 0.6) is 0 Å². The van der Waals surface area contributed by atoms with E-state index in [1.165, 1.54) is 0 Å². The van der Waals surface area contributed by atoms with E-state index in [0.717, 1.165) is 32.1 Å². The van der Waals surface area contributed by atoms with Gasteiger partial charge in [0.2, 0.25) is 0 Å². The van der Waals surface area contributed by atoms with E-state index < -0.39 is 12.2 Å². The van der Waals surface area contributed by atoms with Gasteiger partial charge in [0.1, 0.15) is 0 Å². The van der Waals surface area contributed by atoms with Crippen molar-refractivity contribution in [2.45, 2.75) is 44.3 Å². The minimum atomic E-state index is -0.535. The largest absolute Gasteiger partial charge is 0.390 e. The second-order valence-electron chi connectivity index (χ2n) is 5.41. The molecule has 82 valence electrons. The SMILES string of the molecule is O[C@@H]1CC23CC=CCC2(CC=CC3)[C@@H]1O. The molecule has 0 aromatic rings. The third-order valence-electron chi connectivity index (χ3n) is 4.90. The van der Waals surface area contributed by atoms with E-state index in [-0.39, 0.29) is 10.8 Å². The van der Waals surface area contributed by atoms with E-state index >= 15 is 0 Å². The predicted octanol–water partition coefficient (Wildman–Crippen LogP) is 1.78. The van der Waals surface area contributed by atoms with Crippen molar-refractivity contribution in [3.63, 3.8) is 0 Å². The van der Waals surface area contributed by atoms with Crippen LogP contribution in [0.25, 0.3) is 0 Å². The number of rotatable bonds is 0. The molecule has 0 aromatic heterocycles. The summed E-state index contributed by atoms with van der Waals surface area (Å²) in [6.07, 6.45) is 12.4. The molecular formula is C13H18O2. The molecule has 1 saturated carbocycles. The Morgan fingerprint density at radius 2 is 1.40 bits per heavy atom. The normalized spacial score (nSPS) is 52.7. The zero-order chi connectivity index (χ0) is 10.5. The van der Waals surface area contributed by atoms with Crippen molar-refractivity contribution in [2.24, 2.45) is 10.8 Å². The summed E-state index contributed by atoms with van der Waals surface area (Å²) in [5.41, 5.74) is 0.0608. The van der Waals surface area contributed by atoms with Crippen molar-refractivity contribution in [3.05, 3.63) is 24.3 Å². The van der Waals surface area contributed by atoms with Gasteiger partial charge in [-0.05, 0) is 37.5 Å². The first kappa shape index (κ1) is 9.61. The molecule has 0 aliphatic heterocycles. The molecule has 0 heterocycles. The number of aliphatic hydroxyl groups is 2. The molecule has 2 nitrogen and oxygen atoms in total. The van der Waals surface area contributed by atoms with Gasteiger partial charge >= 0.3 is 0 Å². The summed E-state index contributed by atoms with van der Waals surface area (Å²) in [6.45, 7) is 0. The number of allylic oxidation sites excluding steroid dienone is 4. The zero-order valence-electron chi connectivity index (χ0n) is 8.89. The van der Waals surface area contributed by atoms with E-state index in [4.69, 9.17) is 0 Å². The van der Waals surface area contributed by atoms with E-state index in [0.29, 0.717) is 0 Å². The van der Waals surface area contributed by atoms with E-state index in [1.54, 1.807) is 0 Å². The van der Waals surface area contributed by atoms with Crippen LogP contribution in [0, 0.1) is 10.8 Å². The highest BCUT2D eigenvalue weighted by Gasteiger charge is 2.62. The minimum absolute atomic E-state index is 0.0735. The molecule has 0 unspecified atom stereocenters. The lowest BCUT2D eigenvalue weighted by Crippen LogP contribution is -2.46. The van der Waals surface area contributed by atoms with Crippen LogP contribution >= 0.6 is 0 Å². The maximum absolute atomic E-state index is 10.3. The first-order valence-electron chi connectivity index (χ1n) is 5.86. The fourth-order valence-electron chi connectivity index (χ4n) is 4.02. The molecule has 0 saturated heterocycles. The molecule has 0 bridgehead atoms. The Balaban J connectivity index is 2.10. The van der Waals surface area contributed by atoms with Gasteiger partial charge in [0, 0.05) is 5.41 Å².